The first-order valence-electron chi connectivity index (χ1n) is 7.86. The Labute approximate surface area is 166 Å². The Morgan fingerprint density at radius 1 is 1.37 bits per heavy atom. The van der Waals surface area contributed by atoms with Crippen LogP contribution in [0.5, 0.6) is 11.5 Å². The number of rotatable bonds is 4. The number of hydrogen-bond donors (Lipinski definition) is 0. The van der Waals surface area contributed by atoms with E-state index in [0.29, 0.717) is 27.4 Å². The minimum Gasteiger partial charge on any atom is -0.495 e. The number of amidine groups is 1. The maximum Gasteiger partial charge on any atom is 0.262 e. The molecule has 2 atom stereocenters. The lowest BCUT2D eigenvalue weighted by molar-refractivity contribution is -0.116. The molecule has 2 fully saturated rings. The molecule has 0 unspecified atom stereocenters. The molecule has 0 spiro atoms. The summed E-state index contributed by atoms with van der Waals surface area (Å²) < 4.78 is 34.8. The van der Waals surface area contributed by atoms with Crippen LogP contribution in [0.25, 0.3) is 0 Å². The number of amides is 1. The van der Waals surface area contributed by atoms with E-state index in [4.69, 9.17) is 26.3 Å². The standard InChI is InChI=1S/C16H16ClN3O5S2/c1-24-12-6-13(25-2)10(5-9(12)17)20-11-7-27(22,23)8-14(11)26-16(20)19-15(21)3-4-18/h5-6,11,14H,3,7-8H2,1-2H3/t11-,14-/m1/s1. The van der Waals surface area contributed by atoms with Crippen LogP contribution in [0, 0.1) is 11.3 Å². The van der Waals surface area contributed by atoms with Gasteiger partial charge in [0.25, 0.3) is 5.91 Å². The number of nitriles is 1. The molecule has 0 N–H and O–H groups in total. The van der Waals surface area contributed by atoms with Crippen LogP contribution in [-0.4, -0.2) is 56.5 Å². The van der Waals surface area contributed by atoms with E-state index >= 15 is 0 Å². The Morgan fingerprint density at radius 3 is 2.70 bits per heavy atom. The van der Waals surface area contributed by atoms with Crippen LogP contribution in [0.3, 0.4) is 0 Å². The van der Waals surface area contributed by atoms with Gasteiger partial charge in [0.1, 0.15) is 17.9 Å². The molecule has 11 heteroatoms. The van der Waals surface area contributed by atoms with E-state index in [2.05, 4.69) is 4.99 Å². The van der Waals surface area contributed by atoms with Crippen molar-refractivity contribution in [2.75, 3.05) is 30.6 Å². The Kier molecular flexibility index (Phi) is 5.55. The van der Waals surface area contributed by atoms with Crippen molar-refractivity contribution >= 4 is 50.0 Å². The van der Waals surface area contributed by atoms with Crippen molar-refractivity contribution in [1.29, 1.82) is 5.26 Å². The number of aliphatic imine (C=N–C) groups is 1. The van der Waals surface area contributed by atoms with Crippen molar-refractivity contribution in [2.24, 2.45) is 4.99 Å². The fraction of sp³-hybridized carbons (Fsp3) is 0.438. The Morgan fingerprint density at radius 2 is 2.07 bits per heavy atom. The minimum atomic E-state index is -3.20. The normalized spacial score (nSPS) is 24.5. The number of carbonyl (C=O) groups excluding carboxylic acids is 1. The predicted octanol–water partition coefficient (Wildman–Crippen LogP) is 1.87. The number of thioether (sulfide) groups is 1. The average molecular weight is 430 g/mol. The lowest BCUT2D eigenvalue weighted by atomic mass is 10.2. The van der Waals surface area contributed by atoms with Crippen molar-refractivity contribution in [1.82, 2.24) is 0 Å². The van der Waals surface area contributed by atoms with Crippen molar-refractivity contribution in [3.8, 4) is 17.6 Å². The van der Waals surface area contributed by atoms with Gasteiger partial charge in [-0.15, -0.1) is 0 Å². The van der Waals surface area contributed by atoms with Gasteiger partial charge in [0.15, 0.2) is 15.0 Å². The largest absolute Gasteiger partial charge is 0.495 e. The zero-order chi connectivity index (χ0) is 19.8. The third-order valence-corrected chi connectivity index (χ3v) is 7.74. The molecule has 0 aliphatic carbocycles. The molecule has 3 rings (SSSR count). The smallest absolute Gasteiger partial charge is 0.262 e. The number of halogens is 1. The number of ether oxygens (including phenoxy) is 2. The van der Waals surface area contributed by atoms with Crippen LogP contribution < -0.4 is 14.4 Å². The van der Waals surface area contributed by atoms with Gasteiger partial charge in [0.2, 0.25) is 0 Å². The molecule has 8 nitrogen and oxygen atoms in total. The van der Waals surface area contributed by atoms with Gasteiger partial charge in [0.05, 0.1) is 48.5 Å². The van der Waals surface area contributed by atoms with Crippen molar-refractivity contribution < 1.29 is 22.7 Å². The highest BCUT2D eigenvalue weighted by atomic mass is 35.5. The molecule has 2 heterocycles. The molecule has 1 aromatic rings. The quantitative estimate of drug-likeness (QED) is 0.713. The van der Waals surface area contributed by atoms with E-state index in [1.165, 1.54) is 26.0 Å². The van der Waals surface area contributed by atoms with Gasteiger partial charge in [-0.3, -0.25) is 4.79 Å². The second kappa shape index (κ2) is 7.58. The summed E-state index contributed by atoms with van der Waals surface area (Å²) in [6.07, 6.45) is -0.355. The van der Waals surface area contributed by atoms with E-state index in [1.807, 2.05) is 0 Å². The molecule has 2 saturated heterocycles. The number of sulfone groups is 1. The van der Waals surface area contributed by atoms with Crippen LogP contribution >= 0.6 is 23.4 Å². The maximum atomic E-state index is 12.1. The minimum absolute atomic E-state index is 0.00348. The molecule has 2 aliphatic rings. The molecule has 1 aromatic carbocycles. The Hall–Kier alpha value is -1.96. The number of carbonyl (C=O) groups is 1. The number of hydrogen-bond acceptors (Lipinski definition) is 7. The van der Waals surface area contributed by atoms with Crippen molar-refractivity contribution in [3.63, 3.8) is 0 Å². The van der Waals surface area contributed by atoms with Gasteiger partial charge in [-0.2, -0.15) is 10.3 Å². The van der Waals surface area contributed by atoms with Crippen LogP contribution in [0.15, 0.2) is 17.1 Å². The Balaban J connectivity index is 2.11. The number of anilines is 1. The molecule has 2 aliphatic heterocycles. The molecule has 0 aromatic heterocycles. The van der Waals surface area contributed by atoms with Crippen LogP contribution in [0.4, 0.5) is 5.69 Å². The fourth-order valence-electron chi connectivity index (χ4n) is 3.09. The third kappa shape index (κ3) is 3.85. The van der Waals surface area contributed by atoms with E-state index in [1.54, 1.807) is 23.1 Å². The zero-order valence-electron chi connectivity index (χ0n) is 14.5. The molecule has 0 saturated carbocycles. The molecule has 1 amide bonds. The van der Waals surface area contributed by atoms with Gasteiger partial charge in [-0.05, 0) is 6.07 Å². The van der Waals surface area contributed by atoms with Crippen LogP contribution in [-0.2, 0) is 14.6 Å². The molecule has 27 heavy (non-hydrogen) atoms. The highest BCUT2D eigenvalue weighted by molar-refractivity contribution is 8.16. The number of fused-ring (bicyclic) bond motifs is 1. The first-order chi connectivity index (χ1) is 12.8. The topological polar surface area (TPSA) is 109 Å². The summed E-state index contributed by atoms with van der Waals surface area (Å²) in [7, 11) is -0.265. The van der Waals surface area contributed by atoms with E-state index < -0.39 is 21.8 Å². The summed E-state index contributed by atoms with van der Waals surface area (Å²) in [6, 6.07) is 4.54. The second-order valence-electron chi connectivity index (χ2n) is 5.95. The van der Waals surface area contributed by atoms with E-state index in [-0.39, 0.29) is 23.2 Å². The maximum absolute atomic E-state index is 12.1. The predicted molar refractivity (Wildman–Crippen MR) is 104 cm³/mol. The van der Waals surface area contributed by atoms with Gasteiger partial charge in [-0.25, -0.2) is 8.42 Å². The molecular weight excluding hydrogens is 414 g/mol. The fourth-order valence-corrected chi connectivity index (χ4v) is 7.25. The lowest BCUT2D eigenvalue weighted by Gasteiger charge is -2.26. The third-order valence-electron chi connectivity index (χ3n) is 4.23. The summed E-state index contributed by atoms with van der Waals surface area (Å²) in [5.74, 6) is 0.145. The van der Waals surface area contributed by atoms with Crippen molar-refractivity contribution in [2.45, 2.75) is 17.7 Å². The molecule has 0 bridgehead atoms. The second-order valence-corrected chi connectivity index (χ2v) is 9.72. The number of nitrogens with zero attached hydrogens (tertiary/aromatic N) is 3. The molecule has 0 radical (unpaired) electrons. The monoisotopic (exact) mass is 429 g/mol. The molecular formula is C16H16ClN3O5S2. The summed E-state index contributed by atoms with van der Waals surface area (Å²) >= 11 is 7.47. The summed E-state index contributed by atoms with van der Waals surface area (Å²) in [5, 5.41) is 9.08. The SMILES string of the molecule is COc1cc(OC)c(N2C(=NC(=O)CC#N)S[C@@H]3CS(=O)(=O)C[C@H]32)cc1Cl. The first-order valence-corrected chi connectivity index (χ1v) is 10.9. The summed E-state index contributed by atoms with van der Waals surface area (Å²) in [5.41, 5.74) is 0.490. The molecule has 144 valence electrons. The van der Waals surface area contributed by atoms with Gasteiger partial charge in [0, 0.05) is 11.3 Å². The average Bonchev–Trinajstić information content (AvgIpc) is 3.05. The highest BCUT2D eigenvalue weighted by Gasteiger charge is 2.50. The summed E-state index contributed by atoms with van der Waals surface area (Å²) in [4.78, 5) is 17.6. The van der Waals surface area contributed by atoms with Gasteiger partial charge >= 0.3 is 0 Å². The number of methoxy groups -OCH3 is 2. The number of benzene rings is 1. The van der Waals surface area contributed by atoms with Crippen molar-refractivity contribution in [3.05, 3.63) is 17.2 Å². The first kappa shape index (κ1) is 19.8. The Bertz CT molecular complexity index is 958. The van der Waals surface area contributed by atoms with Gasteiger partial charge in [-0.1, -0.05) is 23.4 Å². The van der Waals surface area contributed by atoms with Crippen LogP contribution in [0.1, 0.15) is 6.42 Å². The highest BCUT2D eigenvalue weighted by Crippen LogP contribution is 2.46. The van der Waals surface area contributed by atoms with Crippen LogP contribution in [0.2, 0.25) is 5.02 Å². The lowest BCUT2D eigenvalue weighted by Crippen LogP contribution is -2.38. The van der Waals surface area contributed by atoms with Gasteiger partial charge < -0.3 is 14.4 Å². The van der Waals surface area contributed by atoms with E-state index in [9.17, 15) is 13.2 Å². The summed E-state index contributed by atoms with van der Waals surface area (Å²) in [6.45, 7) is 0. The van der Waals surface area contributed by atoms with E-state index in [0.717, 1.165) is 0 Å². The zero-order valence-corrected chi connectivity index (χ0v) is 16.9.